The molecule has 1 aliphatic carbocycles. The molecule has 2 aliphatic rings. The number of benzene rings is 1. The number of nitrogens with one attached hydrogen (secondary N) is 2. The van der Waals surface area contributed by atoms with Crippen LogP contribution in [-0.2, 0) is 6.42 Å². The minimum atomic E-state index is -0.528. The average Bonchev–Trinajstić information content (AvgIpc) is 3.16. The van der Waals surface area contributed by atoms with Gasteiger partial charge in [0.25, 0.3) is 5.91 Å². The Kier molecular flexibility index (Phi) is 5.53. The number of aryl methyl sites for hydroxylation is 1. The molecular weight excluding hydrogens is 379 g/mol. The monoisotopic (exact) mass is 402 g/mol. The summed E-state index contributed by atoms with van der Waals surface area (Å²) in [6.45, 7) is 1.62. The first-order valence-corrected chi connectivity index (χ1v) is 9.76. The van der Waals surface area contributed by atoms with Crippen molar-refractivity contribution in [1.29, 1.82) is 0 Å². The zero-order chi connectivity index (χ0) is 20.4. The molecule has 4 rings (SSSR count). The predicted octanol–water partition coefficient (Wildman–Crippen LogP) is 3.33. The lowest BCUT2D eigenvalue weighted by Crippen LogP contribution is -2.34. The number of rotatable bonds is 5. The number of piperidine rings is 1. The highest BCUT2D eigenvalue weighted by atomic mass is 19.1. The molecule has 0 spiro atoms. The van der Waals surface area contributed by atoms with Crippen molar-refractivity contribution in [2.24, 2.45) is 0 Å². The van der Waals surface area contributed by atoms with Crippen LogP contribution in [0, 0.1) is 5.82 Å². The molecule has 0 bridgehead atoms. The third-order valence-corrected chi connectivity index (χ3v) is 5.27. The van der Waals surface area contributed by atoms with Crippen LogP contribution in [-0.4, -0.2) is 38.0 Å². The van der Waals surface area contributed by atoms with Crippen LogP contribution in [0.15, 0.2) is 22.8 Å². The standard InChI is InChI=1S/C21H23FN2O5/c1-27-17-9-12(22)10-18(29-13-5-7-23-8-6-13)20(17)24-21(26)14-11-28-16-4-2-3-15(25)19(14)16/h9-11,13,23H,2-8H2,1H3,(H,24,26). The quantitative estimate of drug-likeness (QED) is 0.797. The molecule has 2 heterocycles. The highest BCUT2D eigenvalue weighted by molar-refractivity contribution is 6.14. The molecular formula is C21H23FN2O5. The fourth-order valence-corrected chi connectivity index (χ4v) is 3.80. The summed E-state index contributed by atoms with van der Waals surface area (Å²) in [5.41, 5.74) is 0.732. The largest absolute Gasteiger partial charge is 0.494 e. The summed E-state index contributed by atoms with van der Waals surface area (Å²) in [7, 11) is 1.39. The van der Waals surface area contributed by atoms with Gasteiger partial charge in [0.1, 0.15) is 41.1 Å². The number of furan rings is 1. The number of ether oxygens (including phenoxy) is 2. The number of methoxy groups -OCH3 is 1. The van der Waals surface area contributed by atoms with Crippen molar-refractivity contribution in [2.75, 3.05) is 25.5 Å². The second-order valence-corrected chi connectivity index (χ2v) is 7.23. The van der Waals surface area contributed by atoms with Gasteiger partial charge in [-0.25, -0.2) is 4.39 Å². The fraction of sp³-hybridized carbons (Fsp3) is 0.429. The number of fused-ring (bicyclic) bond motifs is 1. The van der Waals surface area contributed by atoms with Gasteiger partial charge < -0.3 is 24.5 Å². The summed E-state index contributed by atoms with van der Waals surface area (Å²) in [5.74, 6) is -0.284. The lowest BCUT2D eigenvalue weighted by atomic mass is 9.94. The van der Waals surface area contributed by atoms with Gasteiger partial charge in [-0.05, 0) is 32.4 Å². The number of ketones is 1. The Morgan fingerprint density at radius 1 is 1.24 bits per heavy atom. The van der Waals surface area contributed by atoms with Crippen LogP contribution in [0.3, 0.4) is 0 Å². The van der Waals surface area contributed by atoms with E-state index < -0.39 is 11.7 Å². The number of carbonyl (C=O) groups is 2. The molecule has 8 heteroatoms. The number of Topliss-reactive ketones (excluding diaryl/α,β-unsaturated/α-hetero) is 1. The van der Waals surface area contributed by atoms with Crippen molar-refractivity contribution in [2.45, 2.75) is 38.2 Å². The molecule has 0 saturated carbocycles. The highest BCUT2D eigenvalue weighted by Crippen LogP contribution is 2.38. The molecule has 1 aliphatic heterocycles. The number of halogens is 1. The third-order valence-electron chi connectivity index (χ3n) is 5.27. The van der Waals surface area contributed by atoms with E-state index in [1.165, 1.54) is 25.5 Å². The lowest BCUT2D eigenvalue weighted by molar-refractivity contribution is 0.0955. The van der Waals surface area contributed by atoms with E-state index in [-0.39, 0.29) is 34.6 Å². The smallest absolute Gasteiger partial charge is 0.259 e. The van der Waals surface area contributed by atoms with Crippen LogP contribution in [0.5, 0.6) is 11.5 Å². The average molecular weight is 402 g/mol. The topological polar surface area (TPSA) is 89.8 Å². The highest BCUT2D eigenvalue weighted by Gasteiger charge is 2.29. The van der Waals surface area contributed by atoms with Crippen molar-refractivity contribution in [3.63, 3.8) is 0 Å². The van der Waals surface area contributed by atoms with E-state index in [0.717, 1.165) is 25.9 Å². The Balaban J connectivity index is 1.64. The van der Waals surface area contributed by atoms with Crippen molar-refractivity contribution in [3.8, 4) is 11.5 Å². The fourth-order valence-electron chi connectivity index (χ4n) is 3.80. The summed E-state index contributed by atoms with van der Waals surface area (Å²) in [6, 6.07) is 2.41. The second kappa shape index (κ2) is 8.24. The summed E-state index contributed by atoms with van der Waals surface area (Å²) in [6.07, 6.45) is 4.47. The Morgan fingerprint density at radius 3 is 2.76 bits per heavy atom. The van der Waals surface area contributed by atoms with Gasteiger partial charge in [-0.3, -0.25) is 9.59 Å². The summed E-state index contributed by atoms with van der Waals surface area (Å²) in [4.78, 5) is 25.2. The Morgan fingerprint density at radius 2 is 2.00 bits per heavy atom. The van der Waals surface area contributed by atoms with Crippen LogP contribution in [0.4, 0.5) is 10.1 Å². The number of hydrogen-bond donors (Lipinski definition) is 2. The van der Waals surface area contributed by atoms with E-state index in [1.807, 2.05) is 0 Å². The van der Waals surface area contributed by atoms with Crippen molar-refractivity contribution in [1.82, 2.24) is 5.32 Å². The zero-order valence-electron chi connectivity index (χ0n) is 16.2. The van der Waals surface area contributed by atoms with Crippen molar-refractivity contribution >= 4 is 17.4 Å². The van der Waals surface area contributed by atoms with Gasteiger partial charge in [-0.2, -0.15) is 0 Å². The van der Waals surface area contributed by atoms with E-state index >= 15 is 0 Å². The Hall–Kier alpha value is -2.87. The normalized spacial score (nSPS) is 17.0. The van der Waals surface area contributed by atoms with E-state index in [1.54, 1.807) is 0 Å². The van der Waals surface area contributed by atoms with E-state index in [9.17, 15) is 14.0 Å². The first kappa shape index (κ1) is 19.4. The zero-order valence-corrected chi connectivity index (χ0v) is 16.2. The van der Waals surface area contributed by atoms with Gasteiger partial charge >= 0.3 is 0 Å². The summed E-state index contributed by atoms with van der Waals surface area (Å²) < 4.78 is 30.8. The third kappa shape index (κ3) is 3.98. The molecule has 154 valence electrons. The molecule has 0 radical (unpaired) electrons. The second-order valence-electron chi connectivity index (χ2n) is 7.23. The van der Waals surface area contributed by atoms with E-state index in [0.29, 0.717) is 30.6 Å². The molecule has 1 saturated heterocycles. The molecule has 29 heavy (non-hydrogen) atoms. The maximum Gasteiger partial charge on any atom is 0.259 e. The lowest BCUT2D eigenvalue weighted by Gasteiger charge is -2.25. The van der Waals surface area contributed by atoms with Gasteiger partial charge in [0.05, 0.1) is 18.2 Å². The minimum absolute atomic E-state index is 0.0957. The molecule has 7 nitrogen and oxygen atoms in total. The summed E-state index contributed by atoms with van der Waals surface area (Å²) in [5, 5.41) is 5.98. The van der Waals surface area contributed by atoms with Gasteiger partial charge in [0.15, 0.2) is 5.78 Å². The van der Waals surface area contributed by atoms with Crippen LogP contribution >= 0.6 is 0 Å². The first-order chi connectivity index (χ1) is 14.1. The molecule has 2 aromatic rings. The number of carbonyl (C=O) groups excluding carboxylic acids is 2. The Labute approximate surface area is 167 Å². The van der Waals surface area contributed by atoms with Crippen LogP contribution < -0.4 is 20.1 Å². The van der Waals surface area contributed by atoms with Crippen LogP contribution in [0.2, 0.25) is 0 Å². The van der Waals surface area contributed by atoms with Gasteiger partial charge in [0.2, 0.25) is 0 Å². The Bertz CT molecular complexity index is 933. The molecule has 1 aromatic heterocycles. The van der Waals surface area contributed by atoms with E-state index in [2.05, 4.69) is 10.6 Å². The van der Waals surface area contributed by atoms with Gasteiger partial charge in [-0.1, -0.05) is 0 Å². The van der Waals surface area contributed by atoms with Crippen LogP contribution in [0.25, 0.3) is 0 Å². The number of anilines is 1. The molecule has 1 amide bonds. The maximum absolute atomic E-state index is 14.1. The molecule has 0 atom stereocenters. The number of amides is 1. The molecule has 1 aromatic carbocycles. The van der Waals surface area contributed by atoms with Crippen molar-refractivity contribution < 1.29 is 27.9 Å². The molecule has 0 unspecified atom stereocenters. The van der Waals surface area contributed by atoms with Crippen LogP contribution in [0.1, 0.15) is 52.2 Å². The first-order valence-electron chi connectivity index (χ1n) is 9.76. The number of hydrogen-bond acceptors (Lipinski definition) is 6. The van der Waals surface area contributed by atoms with Crippen molar-refractivity contribution in [3.05, 3.63) is 41.1 Å². The van der Waals surface area contributed by atoms with Gasteiger partial charge in [-0.15, -0.1) is 0 Å². The minimum Gasteiger partial charge on any atom is -0.494 e. The SMILES string of the molecule is COc1cc(F)cc(OC2CCNCC2)c1NC(=O)c1coc2c1C(=O)CCC2. The van der Waals surface area contributed by atoms with Gasteiger partial charge in [0, 0.05) is 25.0 Å². The maximum atomic E-state index is 14.1. The predicted molar refractivity (Wildman–Crippen MR) is 103 cm³/mol. The molecule has 2 N–H and O–H groups in total. The van der Waals surface area contributed by atoms with E-state index in [4.69, 9.17) is 13.9 Å². The summed E-state index contributed by atoms with van der Waals surface area (Å²) >= 11 is 0. The molecule has 1 fully saturated rings.